The van der Waals surface area contributed by atoms with Crippen LogP contribution in [0.3, 0.4) is 0 Å². The Morgan fingerprint density at radius 1 is 1.17 bits per heavy atom. The van der Waals surface area contributed by atoms with Gasteiger partial charge in [0.05, 0.1) is 17.0 Å². The summed E-state index contributed by atoms with van der Waals surface area (Å²) in [5.74, 6) is 0. The van der Waals surface area contributed by atoms with Gasteiger partial charge in [0.15, 0.2) is 6.23 Å². The highest BCUT2D eigenvalue weighted by Crippen LogP contribution is 2.42. The molecule has 1 aliphatic heterocycles. The maximum absolute atomic E-state index is 13.3. The van der Waals surface area contributed by atoms with Gasteiger partial charge in [0.1, 0.15) is 0 Å². The molecule has 1 saturated heterocycles. The molecule has 0 bridgehead atoms. The zero-order valence-electron chi connectivity index (χ0n) is 13.8. The van der Waals surface area contributed by atoms with E-state index in [9.17, 15) is 8.42 Å². The zero-order valence-corrected chi connectivity index (χ0v) is 14.7. The maximum atomic E-state index is 13.3. The molecule has 0 aliphatic carbocycles. The topological polar surface area (TPSA) is 46.6 Å². The van der Waals surface area contributed by atoms with E-state index >= 15 is 0 Å². The highest BCUT2D eigenvalue weighted by Gasteiger charge is 2.50. The van der Waals surface area contributed by atoms with Gasteiger partial charge in [-0.25, -0.2) is 8.42 Å². The van der Waals surface area contributed by atoms with Crippen LogP contribution in [-0.2, 0) is 14.8 Å². The van der Waals surface area contributed by atoms with Crippen LogP contribution in [0.4, 0.5) is 0 Å². The molecule has 2 atom stereocenters. The van der Waals surface area contributed by atoms with E-state index in [1.807, 2.05) is 44.2 Å². The second-order valence-corrected chi connectivity index (χ2v) is 8.06. The molecule has 24 heavy (non-hydrogen) atoms. The standard InChI is InChI=1S/C19H21NO3S/c1-4-19(3)14-23-18(16-8-6-5-7-9-16)20(19)24(21,22)17-12-10-15(2)11-13-17/h4-13,18H,1,14H2,2-3H3. The van der Waals surface area contributed by atoms with Crippen molar-refractivity contribution in [3.05, 3.63) is 78.4 Å². The number of aryl methyl sites for hydroxylation is 1. The van der Waals surface area contributed by atoms with E-state index in [1.54, 1.807) is 30.3 Å². The first-order valence-electron chi connectivity index (χ1n) is 7.80. The molecule has 4 nitrogen and oxygen atoms in total. The van der Waals surface area contributed by atoms with Crippen molar-refractivity contribution in [3.63, 3.8) is 0 Å². The fraction of sp³-hybridized carbons (Fsp3) is 0.263. The van der Waals surface area contributed by atoms with Crippen molar-refractivity contribution in [2.75, 3.05) is 6.61 Å². The van der Waals surface area contributed by atoms with E-state index < -0.39 is 21.8 Å². The van der Waals surface area contributed by atoms with Gasteiger partial charge in [0, 0.05) is 0 Å². The quantitative estimate of drug-likeness (QED) is 0.796. The first kappa shape index (κ1) is 16.9. The predicted molar refractivity (Wildman–Crippen MR) is 93.9 cm³/mol. The molecule has 0 spiro atoms. The first-order chi connectivity index (χ1) is 11.4. The number of nitrogens with zero attached hydrogens (tertiary/aromatic N) is 1. The van der Waals surface area contributed by atoms with Crippen LogP contribution in [0.1, 0.15) is 24.3 Å². The Morgan fingerprint density at radius 2 is 1.79 bits per heavy atom. The summed E-state index contributed by atoms with van der Waals surface area (Å²) >= 11 is 0. The molecule has 1 aliphatic rings. The van der Waals surface area contributed by atoms with Crippen molar-refractivity contribution < 1.29 is 13.2 Å². The average Bonchev–Trinajstić information content (AvgIpc) is 2.95. The van der Waals surface area contributed by atoms with Crippen LogP contribution in [-0.4, -0.2) is 24.9 Å². The molecule has 0 radical (unpaired) electrons. The van der Waals surface area contributed by atoms with E-state index in [1.165, 1.54) is 4.31 Å². The van der Waals surface area contributed by atoms with Gasteiger partial charge >= 0.3 is 0 Å². The highest BCUT2D eigenvalue weighted by atomic mass is 32.2. The summed E-state index contributed by atoms with van der Waals surface area (Å²) in [5, 5.41) is 0. The summed E-state index contributed by atoms with van der Waals surface area (Å²) in [6.45, 7) is 7.85. The van der Waals surface area contributed by atoms with Crippen molar-refractivity contribution in [3.8, 4) is 0 Å². The van der Waals surface area contributed by atoms with Gasteiger partial charge in [-0.2, -0.15) is 4.31 Å². The van der Waals surface area contributed by atoms with Gasteiger partial charge in [0.2, 0.25) is 10.0 Å². The summed E-state index contributed by atoms with van der Waals surface area (Å²) in [5.41, 5.74) is 1.01. The molecule has 0 aromatic heterocycles. The Bertz CT molecular complexity index is 831. The van der Waals surface area contributed by atoms with Gasteiger partial charge in [-0.3, -0.25) is 0 Å². The van der Waals surface area contributed by atoms with Crippen molar-refractivity contribution in [2.24, 2.45) is 0 Å². The smallest absolute Gasteiger partial charge is 0.246 e. The molecule has 0 saturated carbocycles. The second kappa shape index (κ2) is 6.16. The number of sulfonamides is 1. The van der Waals surface area contributed by atoms with Crippen LogP contribution in [0.2, 0.25) is 0 Å². The zero-order chi connectivity index (χ0) is 17.4. The summed E-state index contributed by atoms with van der Waals surface area (Å²) < 4.78 is 33.9. The van der Waals surface area contributed by atoms with Gasteiger partial charge in [0.25, 0.3) is 0 Å². The number of hydrogen-bond acceptors (Lipinski definition) is 3. The van der Waals surface area contributed by atoms with Crippen molar-refractivity contribution in [2.45, 2.75) is 30.5 Å². The number of ether oxygens (including phenoxy) is 1. The van der Waals surface area contributed by atoms with Gasteiger partial charge in [-0.15, -0.1) is 6.58 Å². The second-order valence-electron chi connectivity index (χ2n) is 6.25. The predicted octanol–water partition coefficient (Wildman–Crippen LogP) is 3.66. The molecule has 5 heteroatoms. The summed E-state index contributed by atoms with van der Waals surface area (Å²) in [6, 6.07) is 16.2. The van der Waals surface area contributed by atoms with E-state index in [4.69, 9.17) is 4.74 Å². The molecule has 0 N–H and O–H groups in total. The van der Waals surface area contributed by atoms with Crippen LogP contribution in [0.5, 0.6) is 0 Å². The van der Waals surface area contributed by atoms with Crippen molar-refractivity contribution in [1.29, 1.82) is 0 Å². The van der Waals surface area contributed by atoms with Crippen LogP contribution in [0.25, 0.3) is 0 Å². The molecule has 2 aromatic carbocycles. The Labute approximate surface area is 143 Å². The minimum absolute atomic E-state index is 0.257. The normalized spacial score (nSPS) is 24.8. The number of rotatable bonds is 4. The summed E-state index contributed by atoms with van der Waals surface area (Å²) in [4.78, 5) is 0.257. The van der Waals surface area contributed by atoms with E-state index in [0.717, 1.165) is 11.1 Å². The molecular weight excluding hydrogens is 322 g/mol. The molecule has 126 valence electrons. The Morgan fingerprint density at radius 3 is 2.38 bits per heavy atom. The molecule has 3 rings (SSSR count). The molecule has 1 heterocycles. The van der Waals surface area contributed by atoms with Crippen molar-refractivity contribution >= 4 is 10.0 Å². The Hall–Kier alpha value is -1.95. The fourth-order valence-corrected chi connectivity index (χ4v) is 4.69. The molecule has 0 amide bonds. The van der Waals surface area contributed by atoms with Crippen LogP contribution in [0.15, 0.2) is 72.1 Å². The summed E-state index contributed by atoms with van der Waals surface area (Å²) in [7, 11) is -3.74. The fourth-order valence-electron chi connectivity index (χ4n) is 2.87. The Kier molecular flexibility index (Phi) is 4.34. The average molecular weight is 343 g/mol. The lowest BCUT2D eigenvalue weighted by atomic mass is 10.1. The molecule has 2 aromatic rings. The molecular formula is C19H21NO3S. The number of hydrogen-bond donors (Lipinski definition) is 0. The lowest BCUT2D eigenvalue weighted by Crippen LogP contribution is -2.46. The van der Waals surface area contributed by atoms with Gasteiger partial charge in [-0.05, 0) is 31.5 Å². The van der Waals surface area contributed by atoms with Gasteiger partial charge < -0.3 is 4.74 Å². The van der Waals surface area contributed by atoms with Crippen molar-refractivity contribution in [1.82, 2.24) is 4.31 Å². The van der Waals surface area contributed by atoms with E-state index in [2.05, 4.69) is 6.58 Å². The third kappa shape index (κ3) is 2.79. The Balaban J connectivity index is 2.11. The third-order valence-electron chi connectivity index (χ3n) is 4.35. The van der Waals surface area contributed by atoms with Gasteiger partial charge in [-0.1, -0.05) is 54.1 Å². The SMILES string of the molecule is C=CC1(C)COC(c2ccccc2)N1S(=O)(=O)c1ccc(C)cc1. The van der Waals surface area contributed by atoms with Crippen LogP contribution < -0.4 is 0 Å². The summed E-state index contributed by atoms with van der Waals surface area (Å²) in [6.07, 6.45) is 0.974. The van der Waals surface area contributed by atoms with Crippen LogP contribution >= 0.6 is 0 Å². The minimum atomic E-state index is -3.74. The third-order valence-corrected chi connectivity index (χ3v) is 6.35. The van der Waals surface area contributed by atoms with E-state index in [-0.39, 0.29) is 11.5 Å². The first-order valence-corrected chi connectivity index (χ1v) is 9.24. The van der Waals surface area contributed by atoms with Crippen LogP contribution in [0, 0.1) is 6.92 Å². The largest absolute Gasteiger partial charge is 0.355 e. The molecule has 1 fully saturated rings. The van der Waals surface area contributed by atoms with E-state index in [0.29, 0.717) is 0 Å². The maximum Gasteiger partial charge on any atom is 0.246 e. The minimum Gasteiger partial charge on any atom is -0.355 e. The number of benzene rings is 2. The highest BCUT2D eigenvalue weighted by molar-refractivity contribution is 7.89. The monoisotopic (exact) mass is 343 g/mol. The molecule has 2 unspecified atom stereocenters. The lowest BCUT2D eigenvalue weighted by molar-refractivity contribution is 0.0679. The lowest BCUT2D eigenvalue weighted by Gasteiger charge is -2.32.